The number of ether oxygens (including phenoxy) is 3. The molecular weight excluding hydrogens is 458 g/mol. The van der Waals surface area contributed by atoms with Crippen LogP contribution >= 0.6 is 0 Å². The van der Waals surface area contributed by atoms with Gasteiger partial charge in [-0.3, -0.25) is 9.59 Å². The van der Waals surface area contributed by atoms with Crippen molar-refractivity contribution in [2.45, 2.75) is 110 Å². The molecule has 2 bridgehead atoms. The van der Waals surface area contributed by atoms with Gasteiger partial charge in [0.15, 0.2) is 11.9 Å². The number of aliphatic carboxylic acids is 1. The molecule has 198 valence electrons. The Balaban J connectivity index is 1.38. The van der Waals surface area contributed by atoms with Crippen LogP contribution in [0.5, 0.6) is 0 Å². The van der Waals surface area contributed by atoms with Crippen LogP contribution in [-0.4, -0.2) is 53.0 Å². The Morgan fingerprint density at radius 1 is 1.09 bits per heavy atom. The summed E-state index contributed by atoms with van der Waals surface area (Å²) in [6, 6.07) is -0.982. The van der Waals surface area contributed by atoms with Crippen LogP contribution in [0.25, 0.3) is 0 Å². The van der Waals surface area contributed by atoms with E-state index >= 15 is 0 Å². The van der Waals surface area contributed by atoms with Crippen LogP contribution in [0, 0.1) is 29.6 Å². The summed E-state index contributed by atoms with van der Waals surface area (Å²) < 4.78 is 18.2. The molecule has 4 heterocycles. The van der Waals surface area contributed by atoms with Crippen LogP contribution in [0.1, 0.15) is 79.6 Å². The lowest BCUT2D eigenvalue weighted by molar-refractivity contribution is -0.576. The maximum absolute atomic E-state index is 12.6. The molecule has 0 aromatic carbocycles. The molecule has 4 saturated heterocycles. The minimum absolute atomic E-state index is 0.0264. The molecule has 0 radical (unpaired) electrons. The fraction of sp³-hybridized carbons (Fsp3) is 0.880. The number of esters is 1. The van der Waals surface area contributed by atoms with Crippen molar-refractivity contribution in [3.05, 3.63) is 0 Å². The Morgan fingerprint density at radius 2 is 1.83 bits per heavy atom. The second-order valence-electron chi connectivity index (χ2n) is 11.4. The Hall–Kier alpha value is -1.75. The molecule has 9 atom stereocenters. The Labute approximate surface area is 206 Å². The molecule has 0 aromatic heterocycles. The fourth-order valence-corrected chi connectivity index (χ4v) is 6.37. The Morgan fingerprint density at radius 3 is 2.51 bits per heavy atom. The summed E-state index contributed by atoms with van der Waals surface area (Å²) in [7, 11) is 0. The zero-order chi connectivity index (χ0) is 25.5. The molecule has 3 unspecified atom stereocenters. The zero-order valence-corrected chi connectivity index (χ0v) is 21.3. The lowest BCUT2D eigenvalue weighted by Crippen LogP contribution is -2.70. The standard InChI is InChI=1S/C25H39NO9/c1-13(2)12-18(21(29)30)26-19(27)8-9-20(28)31-22-15(4)17-7-6-14(3)16-10-11-24(5)33-23(32-22)25(16,17)35-34-24/h13-18,22-23H,6-12H2,1-5H3,(H,26,27)(H,29,30)/t14-,15-,16+,17+,18?,22-,23-,24?,25?/m1/s1. The van der Waals surface area contributed by atoms with Crippen molar-refractivity contribution in [1.82, 2.24) is 5.32 Å². The molecule has 1 saturated carbocycles. The van der Waals surface area contributed by atoms with Gasteiger partial charge in [0, 0.05) is 24.7 Å². The van der Waals surface area contributed by atoms with Crippen molar-refractivity contribution < 1.29 is 43.5 Å². The summed E-state index contributed by atoms with van der Waals surface area (Å²) in [6.07, 6.45) is 1.95. The van der Waals surface area contributed by atoms with Crippen LogP contribution in [0.4, 0.5) is 0 Å². The van der Waals surface area contributed by atoms with Crippen molar-refractivity contribution in [2.75, 3.05) is 0 Å². The lowest BCUT2D eigenvalue weighted by Gasteiger charge is -2.59. The number of hydrogen-bond acceptors (Lipinski definition) is 8. The van der Waals surface area contributed by atoms with Crippen LogP contribution in [0.15, 0.2) is 0 Å². The number of hydrogen-bond donors (Lipinski definition) is 2. The summed E-state index contributed by atoms with van der Waals surface area (Å²) in [6.45, 7) is 9.81. The highest BCUT2D eigenvalue weighted by atomic mass is 17.3. The molecule has 4 aliphatic heterocycles. The van der Waals surface area contributed by atoms with Gasteiger partial charge in [-0.15, -0.1) is 0 Å². The molecule has 1 spiro atoms. The highest BCUT2D eigenvalue weighted by molar-refractivity contribution is 5.85. The Kier molecular flexibility index (Phi) is 7.48. The normalized spacial score (nSPS) is 41.0. The van der Waals surface area contributed by atoms with Gasteiger partial charge < -0.3 is 24.6 Å². The number of carboxylic acid groups (broad SMARTS) is 1. The van der Waals surface area contributed by atoms with Gasteiger partial charge in [-0.2, -0.15) is 0 Å². The van der Waals surface area contributed by atoms with Crippen molar-refractivity contribution in [3.63, 3.8) is 0 Å². The fourth-order valence-electron chi connectivity index (χ4n) is 6.37. The number of carbonyl (C=O) groups excluding carboxylic acids is 2. The number of nitrogens with one attached hydrogen (secondary N) is 1. The second kappa shape index (κ2) is 9.95. The minimum atomic E-state index is -1.09. The summed E-state index contributed by atoms with van der Waals surface area (Å²) in [4.78, 5) is 48.1. The summed E-state index contributed by atoms with van der Waals surface area (Å²) >= 11 is 0. The smallest absolute Gasteiger partial charge is 0.326 e. The molecule has 10 heteroatoms. The van der Waals surface area contributed by atoms with E-state index in [2.05, 4.69) is 12.2 Å². The minimum Gasteiger partial charge on any atom is -0.480 e. The summed E-state index contributed by atoms with van der Waals surface area (Å²) in [5.41, 5.74) is -0.738. The number of carbonyl (C=O) groups is 3. The summed E-state index contributed by atoms with van der Waals surface area (Å²) in [5, 5.41) is 11.8. The topological polar surface area (TPSA) is 130 Å². The van der Waals surface area contributed by atoms with Gasteiger partial charge in [0.05, 0.1) is 6.42 Å². The van der Waals surface area contributed by atoms with E-state index < -0.39 is 47.9 Å². The quantitative estimate of drug-likeness (QED) is 0.384. The van der Waals surface area contributed by atoms with Gasteiger partial charge in [-0.05, 0) is 50.4 Å². The van der Waals surface area contributed by atoms with Crippen molar-refractivity contribution in [2.24, 2.45) is 29.6 Å². The number of carboxylic acids is 1. The van der Waals surface area contributed by atoms with Gasteiger partial charge in [0.2, 0.25) is 18.0 Å². The van der Waals surface area contributed by atoms with Gasteiger partial charge in [0.25, 0.3) is 0 Å². The van der Waals surface area contributed by atoms with Crippen molar-refractivity contribution in [1.29, 1.82) is 0 Å². The van der Waals surface area contributed by atoms with Gasteiger partial charge in [-0.25, -0.2) is 14.6 Å². The van der Waals surface area contributed by atoms with E-state index in [1.807, 2.05) is 27.7 Å². The number of fused-ring (bicyclic) bond motifs is 2. The van der Waals surface area contributed by atoms with E-state index in [1.165, 1.54) is 0 Å². The molecule has 10 nitrogen and oxygen atoms in total. The molecule has 5 fully saturated rings. The van der Waals surface area contributed by atoms with E-state index in [0.29, 0.717) is 18.8 Å². The highest BCUT2D eigenvalue weighted by Gasteiger charge is 2.69. The SMILES string of the molecule is CC(C)CC(NC(=O)CCC(=O)O[C@@H]1O[C@@H]2OC3(C)CC[C@H]4[C@H](C)CC[C@@H]([C@H]1C)C24OO3)C(=O)O. The first-order valence-electron chi connectivity index (χ1n) is 12.9. The Bertz CT molecular complexity index is 834. The highest BCUT2D eigenvalue weighted by Crippen LogP contribution is 2.60. The zero-order valence-electron chi connectivity index (χ0n) is 21.3. The van der Waals surface area contributed by atoms with Crippen molar-refractivity contribution >= 4 is 17.8 Å². The van der Waals surface area contributed by atoms with Crippen LogP contribution in [0.3, 0.4) is 0 Å². The first-order chi connectivity index (χ1) is 16.4. The summed E-state index contributed by atoms with van der Waals surface area (Å²) in [5.74, 6) is -2.46. The predicted molar refractivity (Wildman–Crippen MR) is 121 cm³/mol. The van der Waals surface area contributed by atoms with E-state index in [0.717, 1.165) is 19.3 Å². The maximum atomic E-state index is 12.6. The molecular formula is C25H39NO9. The van der Waals surface area contributed by atoms with Crippen LogP contribution < -0.4 is 5.32 Å². The molecule has 0 aromatic rings. The van der Waals surface area contributed by atoms with Crippen molar-refractivity contribution in [3.8, 4) is 0 Å². The van der Waals surface area contributed by atoms with Crippen LogP contribution in [0.2, 0.25) is 0 Å². The van der Waals surface area contributed by atoms with E-state index in [1.54, 1.807) is 0 Å². The average Bonchev–Trinajstić information content (AvgIpc) is 3.01. The lowest BCUT2D eigenvalue weighted by atomic mass is 9.58. The molecule has 1 aliphatic carbocycles. The van der Waals surface area contributed by atoms with Gasteiger partial charge >= 0.3 is 11.9 Å². The third kappa shape index (κ3) is 5.08. The maximum Gasteiger partial charge on any atom is 0.326 e. The van der Waals surface area contributed by atoms with Gasteiger partial charge in [0.1, 0.15) is 6.04 Å². The van der Waals surface area contributed by atoms with E-state index in [-0.39, 0.29) is 36.5 Å². The number of amides is 1. The molecule has 2 N–H and O–H groups in total. The second-order valence-corrected chi connectivity index (χ2v) is 11.4. The van der Waals surface area contributed by atoms with Crippen LogP contribution in [-0.2, 0) is 38.4 Å². The van der Waals surface area contributed by atoms with E-state index in [4.69, 9.17) is 24.0 Å². The molecule has 35 heavy (non-hydrogen) atoms. The third-order valence-corrected chi connectivity index (χ3v) is 8.24. The predicted octanol–water partition coefficient (Wildman–Crippen LogP) is 3.13. The monoisotopic (exact) mass is 497 g/mol. The van der Waals surface area contributed by atoms with Gasteiger partial charge in [-0.1, -0.05) is 27.7 Å². The average molecular weight is 498 g/mol. The van der Waals surface area contributed by atoms with E-state index in [9.17, 15) is 19.5 Å². The molecule has 5 rings (SSSR count). The third-order valence-electron chi connectivity index (χ3n) is 8.24. The first kappa shape index (κ1) is 26.3. The largest absolute Gasteiger partial charge is 0.480 e. The number of rotatable bonds is 8. The first-order valence-corrected chi connectivity index (χ1v) is 12.9. The molecule has 5 aliphatic rings. The molecule has 1 amide bonds.